The number of nitrogen functional groups attached to an aromatic ring is 1. The van der Waals surface area contributed by atoms with Crippen molar-refractivity contribution in [3.63, 3.8) is 0 Å². The molecule has 2 fully saturated rings. The second kappa shape index (κ2) is 7.61. The molecule has 0 bridgehead atoms. The topological polar surface area (TPSA) is 119 Å². The van der Waals surface area contributed by atoms with E-state index in [1.54, 1.807) is 0 Å². The lowest BCUT2D eigenvalue weighted by atomic mass is 9.80. The van der Waals surface area contributed by atoms with Gasteiger partial charge in [0.1, 0.15) is 29.0 Å². The monoisotopic (exact) mass is 529 g/mol. The Morgan fingerprint density at radius 3 is 2.88 bits per heavy atom. The number of hydrogen-bond acceptors (Lipinski definition) is 7. The van der Waals surface area contributed by atoms with E-state index in [0.717, 1.165) is 26.3 Å². The van der Waals surface area contributed by atoms with E-state index in [-0.39, 0.29) is 12.1 Å². The molecule has 5 unspecified atom stereocenters. The van der Waals surface area contributed by atoms with Gasteiger partial charge in [-0.05, 0) is 52.5 Å². The number of aliphatic hydroxyl groups is 2. The van der Waals surface area contributed by atoms with Gasteiger partial charge >= 0.3 is 0 Å². The molecule has 8 nitrogen and oxygen atoms in total. The zero-order chi connectivity index (χ0) is 22.9. The Hall–Kier alpha value is -2.30. The highest BCUT2D eigenvalue weighted by Gasteiger charge is 2.57. The number of anilines is 1. The number of hydrogen-bond donors (Lipinski definition) is 3. The first-order valence-electron chi connectivity index (χ1n) is 10.7. The van der Waals surface area contributed by atoms with Crippen LogP contribution in [0.4, 0.5) is 5.82 Å². The molecule has 2 aliphatic rings. The largest absolute Gasteiger partial charge is 0.390 e. The lowest BCUT2D eigenvalue weighted by molar-refractivity contribution is -0.0309. The summed E-state index contributed by atoms with van der Waals surface area (Å²) in [6, 6.07) is 9.42. The van der Waals surface area contributed by atoms with Crippen LogP contribution in [0.3, 0.4) is 0 Å². The SMILES string of the molecule is Nc1ncnc2c1ccn2C1CC2(COC(c3ccc4cc(Br)c(Cl)nc4c3)C2)C(O)C1O. The second-order valence-corrected chi connectivity index (χ2v) is 10.2. The predicted octanol–water partition coefficient (Wildman–Crippen LogP) is 3.79. The Balaban J connectivity index is 1.30. The fourth-order valence-electron chi connectivity index (χ4n) is 5.40. The van der Waals surface area contributed by atoms with E-state index >= 15 is 0 Å². The Labute approximate surface area is 202 Å². The first-order chi connectivity index (χ1) is 15.9. The van der Waals surface area contributed by atoms with Crippen molar-refractivity contribution in [2.75, 3.05) is 12.3 Å². The summed E-state index contributed by atoms with van der Waals surface area (Å²) >= 11 is 9.59. The zero-order valence-electron chi connectivity index (χ0n) is 17.4. The third kappa shape index (κ3) is 3.25. The molecule has 0 amide bonds. The highest BCUT2D eigenvalue weighted by atomic mass is 79.9. The van der Waals surface area contributed by atoms with Gasteiger partial charge < -0.3 is 25.3 Å². The van der Waals surface area contributed by atoms with E-state index in [9.17, 15) is 10.2 Å². The molecular weight excluding hydrogens is 510 g/mol. The highest BCUT2D eigenvalue weighted by Crippen LogP contribution is 2.55. The van der Waals surface area contributed by atoms with Gasteiger partial charge in [0, 0.05) is 17.0 Å². The number of nitrogens with two attached hydrogens (primary N) is 1. The Morgan fingerprint density at radius 2 is 2.03 bits per heavy atom. The minimum Gasteiger partial charge on any atom is -0.390 e. The van der Waals surface area contributed by atoms with Gasteiger partial charge in [-0.25, -0.2) is 15.0 Å². The van der Waals surface area contributed by atoms with Crippen molar-refractivity contribution < 1.29 is 14.9 Å². The zero-order valence-corrected chi connectivity index (χ0v) is 19.7. The van der Waals surface area contributed by atoms with E-state index < -0.39 is 17.6 Å². The summed E-state index contributed by atoms with van der Waals surface area (Å²) in [6.45, 7) is 0.356. The maximum absolute atomic E-state index is 11.1. The minimum atomic E-state index is -0.950. The van der Waals surface area contributed by atoms with Crippen LogP contribution in [0.1, 0.15) is 30.6 Å². The maximum atomic E-state index is 11.1. The van der Waals surface area contributed by atoms with Gasteiger partial charge in [-0.1, -0.05) is 23.7 Å². The highest BCUT2D eigenvalue weighted by molar-refractivity contribution is 9.10. The summed E-state index contributed by atoms with van der Waals surface area (Å²) in [4.78, 5) is 12.8. The van der Waals surface area contributed by atoms with Gasteiger partial charge in [-0.2, -0.15) is 0 Å². The van der Waals surface area contributed by atoms with Crippen molar-refractivity contribution in [1.29, 1.82) is 0 Å². The number of benzene rings is 1. The van der Waals surface area contributed by atoms with Crippen LogP contribution in [0, 0.1) is 5.41 Å². The van der Waals surface area contributed by atoms with Crippen LogP contribution in [-0.4, -0.2) is 48.5 Å². The molecule has 3 aromatic heterocycles. The maximum Gasteiger partial charge on any atom is 0.145 e. The summed E-state index contributed by atoms with van der Waals surface area (Å²) in [5.74, 6) is 0.391. The first-order valence-corrected chi connectivity index (χ1v) is 11.8. The summed E-state index contributed by atoms with van der Waals surface area (Å²) in [5.41, 5.74) is 7.81. The average Bonchev–Trinajstić information content (AvgIpc) is 3.48. The van der Waals surface area contributed by atoms with Gasteiger partial charge in [0.05, 0.1) is 40.2 Å². The molecule has 4 heterocycles. The van der Waals surface area contributed by atoms with Gasteiger partial charge in [-0.3, -0.25) is 0 Å². The average molecular weight is 531 g/mol. The molecule has 1 aromatic carbocycles. The minimum absolute atomic E-state index is 0.210. The lowest BCUT2D eigenvalue weighted by Gasteiger charge is -2.26. The van der Waals surface area contributed by atoms with Crippen LogP contribution in [0.15, 0.2) is 47.3 Å². The standard InChI is InChI=1S/C23H21BrClN5O3/c24-14-5-11-1-2-12(6-15(11)29-20(14)25)17-8-23(9-33-17)7-16(18(31)19(23)32)30-4-3-13-21(26)27-10-28-22(13)30/h1-6,10,16-19,31-32H,7-9H2,(H2,26,27,28). The van der Waals surface area contributed by atoms with Crippen molar-refractivity contribution in [2.24, 2.45) is 5.41 Å². The second-order valence-electron chi connectivity index (χ2n) is 9.01. The number of halogens is 2. The molecule has 4 N–H and O–H groups in total. The predicted molar refractivity (Wildman–Crippen MR) is 128 cm³/mol. The van der Waals surface area contributed by atoms with Crippen molar-refractivity contribution in [1.82, 2.24) is 19.5 Å². The van der Waals surface area contributed by atoms with Crippen molar-refractivity contribution in [3.8, 4) is 0 Å². The fourth-order valence-corrected chi connectivity index (χ4v) is 5.88. The van der Waals surface area contributed by atoms with Gasteiger partial charge in [-0.15, -0.1) is 0 Å². The molecule has 1 saturated carbocycles. The quantitative estimate of drug-likeness (QED) is 0.337. The van der Waals surface area contributed by atoms with Crippen LogP contribution >= 0.6 is 27.5 Å². The Kier molecular flexibility index (Phi) is 4.90. The molecule has 4 aromatic rings. The molecular formula is C23H21BrClN5O3. The molecule has 6 rings (SSSR count). The number of nitrogens with zero attached hydrogens (tertiary/aromatic N) is 4. The summed E-state index contributed by atoms with van der Waals surface area (Å²) in [5, 5.41) is 24.2. The summed E-state index contributed by atoms with van der Waals surface area (Å²) in [6.07, 6.45) is 2.33. The summed E-state index contributed by atoms with van der Waals surface area (Å²) in [7, 11) is 0. The molecule has 170 valence electrons. The first kappa shape index (κ1) is 21.2. The van der Waals surface area contributed by atoms with Crippen molar-refractivity contribution >= 4 is 55.3 Å². The van der Waals surface area contributed by atoms with E-state index in [0.29, 0.717) is 36.1 Å². The van der Waals surface area contributed by atoms with Crippen LogP contribution in [0.5, 0.6) is 0 Å². The van der Waals surface area contributed by atoms with Gasteiger partial charge in [0.15, 0.2) is 0 Å². The van der Waals surface area contributed by atoms with Crippen LogP contribution in [0.2, 0.25) is 5.15 Å². The molecule has 1 aliphatic carbocycles. The van der Waals surface area contributed by atoms with E-state index in [2.05, 4.69) is 30.9 Å². The molecule has 0 radical (unpaired) electrons. The molecule has 5 atom stereocenters. The number of fused-ring (bicyclic) bond motifs is 2. The van der Waals surface area contributed by atoms with E-state index in [1.807, 2.05) is 41.1 Å². The van der Waals surface area contributed by atoms with Crippen LogP contribution in [-0.2, 0) is 4.74 Å². The van der Waals surface area contributed by atoms with Gasteiger partial charge in [0.25, 0.3) is 0 Å². The molecule has 1 aliphatic heterocycles. The summed E-state index contributed by atoms with van der Waals surface area (Å²) < 4.78 is 8.82. The van der Waals surface area contributed by atoms with Gasteiger partial charge in [0.2, 0.25) is 0 Å². The number of aromatic nitrogens is 4. The Bertz CT molecular complexity index is 1400. The lowest BCUT2D eigenvalue weighted by Crippen LogP contribution is -2.37. The smallest absolute Gasteiger partial charge is 0.145 e. The third-order valence-electron chi connectivity index (χ3n) is 7.15. The number of ether oxygens (including phenoxy) is 1. The molecule has 1 spiro atoms. The number of pyridine rings is 1. The fraction of sp³-hybridized carbons (Fsp3) is 0.348. The molecule has 1 saturated heterocycles. The number of aliphatic hydroxyl groups excluding tert-OH is 2. The van der Waals surface area contributed by atoms with Crippen LogP contribution < -0.4 is 5.73 Å². The molecule has 10 heteroatoms. The Morgan fingerprint density at radius 1 is 1.18 bits per heavy atom. The third-order valence-corrected chi connectivity index (χ3v) is 8.27. The van der Waals surface area contributed by atoms with E-state index in [4.69, 9.17) is 22.1 Å². The van der Waals surface area contributed by atoms with Crippen LogP contribution in [0.25, 0.3) is 21.9 Å². The normalized spacial score (nSPS) is 29.6. The van der Waals surface area contributed by atoms with Crippen molar-refractivity contribution in [2.45, 2.75) is 37.2 Å². The number of rotatable bonds is 2. The molecule has 33 heavy (non-hydrogen) atoms. The van der Waals surface area contributed by atoms with E-state index in [1.165, 1.54) is 6.33 Å². The van der Waals surface area contributed by atoms with Crippen molar-refractivity contribution in [3.05, 3.63) is 58.0 Å².